The maximum absolute atomic E-state index is 12.7. The van der Waals surface area contributed by atoms with Crippen LogP contribution >= 0.6 is 0 Å². The summed E-state index contributed by atoms with van der Waals surface area (Å²) >= 11 is 0. The number of benzene rings is 1. The van der Waals surface area contributed by atoms with Crippen molar-refractivity contribution in [2.45, 2.75) is 32.5 Å². The van der Waals surface area contributed by atoms with Gasteiger partial charge in [-0.15, -0.1) is 10.2 Å². The standard InChI is InChI=1S/C17H19F3N4O2/c1-9-8-24(6-5-13(9)25)16-21-10(2)15(22-23-16)12-4-3-11(7-14(12)26)17(18,19)20/h3-4,7,9,13,25-26H,5-6,8H2,1-2H3/t9-,13-/m0/s1. The quantitative estimate of drug-likeness (QED) is 0.848. The molecule has 9 heteroatoms. The van der Waals surface area contributed by atoms with Gasteiger partial charge in [-0.25, -0.2) is 4.98 Å². The van der Waals surface area contributed by atoms with E-state index in [1.165, 1.54) is 0 Å². The van der Waals surface area contributed by atoms with E-state index in [9.17, 15) is 23.4 Å². The summed E-state index contributed by atoms with van der Waals surface area (Å²) in [6.45, 7) is 4.78. The van der Waals surface area contributed by atoms with Crippen LogP contribution in [0.5, 0.6) is 5.75 Å². The van der Waals surface area contributed by atoms with Crippen molar-refractivity contribution in [1.29, 1.82) is 0 Å². The highest BCUT2D eigenvalue weighted by atomic mass is 19.4. The van der Waals surface area contributed by atoms with Gasteiger partial charge in [0.15, 0.2) is 0 Å². The number of halogens is 3. The SMILES string of the molecule is Cc1nc(N2CC[C@H](O)[C@@H](C)C2)nnc1-c1ccc(C(F)(F)F)cc1O. The fourth-order valence-electron chi connectivity index (χ4n) is 3.00. The predicted octanol–water partition coefficient (Wildman–Crippen LogP) is 2.78. The molecule has 0 unspecified atom stereocenters. The highest BCUT2D eigenvalue weighted by Gasteiger charge is 2.31. The molecule has 0 radical (unpaired) electrons. The summed E-state index contributed by atoms with van der Waals surface area (Å²) in [5, 5.41) is 27.9. The first kappa shape index (κ1) is 18.4. The molecular weight excluding hydrogens is 349 g/mol. The molecule has 140 valence electrons. The Morgan fingerprint density at radius 3 is 2.54 bits per heavy atom. The lowest BCUT2D eigenvalue weighted by molar-refractivity contribution is -0.137. The van der Waals surface area contributed by atoms with Crippen molar-refractivity contribution in [3.63, 3.8) is 0 Å². The van der Waals surface area contributed by atoms with E-state index >= 15 is 0 Å². The Labute approximate surface area is 148 Å². The van der Waals surface area contributed by atoms with Crippen LogP contribution in [0.15, 0.2) is 18.2 Å². The van der Waals surface area contributed by atoms with Crippen molar-refractivity contribution in [2.24, 2.45) is 5.92 Å². The molecule has 1 aromatic carbocycles. The first-order chi connectivity index (χ1) is 12.2. The van der Waals surface area contributed by atoms with Gasteiger partial charge in [0.2, 0.25) is 5.95 Å². The minimum atomic E-state index is -4.53. The van der Waals surface area contributed by atoms with Gasteiger partial charge < -0.3 is 15.1 Å². The number of aromatic nitrogens is 3. The number of piperidine rings is 1. The summed E-state index contributed by atoms with van der Waals surface area (Å²) in [7, 11) is 0. The summed E-state index contributed by atoms with van der Waals surface area (Å²) < 4.78 is 38.2. The molecule has 1 fully saturated rings. The molecule has 1 saturated heterocycles. The van der Waals surface area contributed by atoms with Gasteiger partial charge in [0.25, 0.3) is 0 Å². The van der Waals surface area contributed by atoms with Crippen LogP contribution < -0.4 is 4.90 Å². The zero-order valence-corrected chi connectivity index (χ0v) is 14.3. The largest absolute Gasteiger partial charge is 0.507 e. The predicted molar refractivity (Wildman–Crippen MR) is 88.7 cm³/mol. The lowest BCUT2D eigenvalue weighted by atomic mass is 9.97. The second-order valence-electron chi connectivity index (χ2n) is 6.55. The minimum absolute atomic E-state index is 0.0753. The number of phenols is 1. The number of rotatable bonds is 2. The molecule has 3 rings (SSSR count). The summed E-state index contributed by atoms with van der Waals surface area (Å²) in [4.78, 5) is 6.29. The molecule has 0 spiro atoms. The van der Waals surface area contributed by atoms with Gasteiger partial charge in [-0.3, -0.25) is 0 Å². The maximum atomic E-state index is 12.7. The van der Waals surface area contributed by atoms with Gasteiger partial charge >= 0.3 is 6.18 Å². The molecule has 0 bridgehead atoms. The van der Waals surface area contributed by atoms with Gasteiger partial charge in [-0.2, -0.15) is 13.2 Å². The summed E-state index contributed by atoms with van der Waals surface area (Å²) in [5.74, 6) is -0.0517. The molecule has 1 aliphatic heterocycles. The zero-order chi connectivity index (χ0) is 19.1. The number of aliphatic hydroxyl groups is 1. The van der Waals surface area contributed by atoms with Gasteiger partial charge in [0.05, 0.1) is 17.4 Å². The van der Waals surface area contributed by atoms with E-state index in [2.05, 4.69) is 15.2 Å². The van der Waals surface area contributed by atoms with Crippen molar-refractivity contribution in [1.82, 2.24) is 15.2 Å². The molecule has 1 aromatic heterocycles. The van der Waals surface area contributed by atoms with Crippen molar-refractivity contribution < 1.29 is 23.4 Å². The number of aliphatic hydroxyl groups excluding tert-OH is 1. The van der Waals surface area contributed by atoms with E-state index in [0.717, 1.165) is 12.1 Å². The Morgan fingerprint density at radius 1 is 1.23 bits per heavy atom. The lowest BCUT2D eigenvalue weighted by Gasteiger charge is -2.34. The molecule has 1 aliphatic rings. The average Bonchev–Trinajstić information content (AvgIpc) is 2.57. The van der Waals surface area contributed by atoms with E-state index in [1.807, 2.05) is 11.8 Å². The van der Waals surface area contributed by atoms with Crippen molar-refractivity contribution in [3.8, 4) is 17.0 Å². The highest BCUT2D eigenvalue weighted by Crippen LogP contribution is 2.36. The molecule has 2 N–H and O–H groups in total. The van der Waals surface area contributed by atoms with Crippen LogP contribution in [-0.4, -0.2) is 44.6 Å². The topological polar surface area (TPSA) is 82.4 Å². The Kier molecular flexibility index (Phi) is 4.74. The summed E-state index contributed by atoms with van der Waals surface area (Å²) in [6, 6.07) is 2.71. The molecule has 0 aliphatic carbocycles. The van der Waals surface area contributed by atoms with Crippen LogP contribution in [0.3, 0.4) is 0 Å². The van der Waals surface area contributed by atoms with E-state index in [1.54, 1.807) is 6.92 Å². The maximum Gasteiger partial charge on any atom is 0.416 e. The molecule has 2 atom stereocenters. The first-order valence-electron chi connectivity index (χ1n) is 8.21. The number of nitrogens with zero attached hydrogens (tertiary/aromatic N) is 4. The number of hydrogen-bond acceptors (Lipinski definition) is 6. The number of alkyl halides is 3. The summed E-state index contributed by atoms with van der Waals surface area (Å²) in [5.41, 5.74) is -0.117. The van der Waals surface area contributed by atoms with Gasteiger partial charge in [-0.05, 0) is 37.5 Å². The molecule has 6 nitrogen and oxygen atoms in total. The molecule has 0 amide bonds. The highest BCUT2D eigenvalue weighted by molar-refractivity contribution is 5.69. The van der Waals surface area contributed by atoms with E-state index in [0.29, 0.717) is 37.2 Å². The molecule has 2 aromatic rings. The first-order valence-corrected chi connectivity index (χ1v) is 8.21. The Bertz CT molecular complexity index is 813. The second kappa shape index (κ2) is 6.71. The molecule has 26 heavy (non-hydrogen) atoms. The van der Waals surface area contributed by atoms with Crippen LogP contribution in [0.2, 0.25) is 0 Å². The van der Waals surface area contributed by atoms with E-state index in [-0.39, 0.29) is 23.3 Å². The monoisotopic (exact) mass is 368 g/mol. The Morgan fingerprint density at radius 2 is 1.96 bits per heavy atom. The number of hydrogen-bond donors (Lipinski definition) is 2. The molecule has 2 heterocycles. The van der Waals surface area contributed by atoms with Crippen LogP contribution in [0.4, 0.5) is 19.1 Å². The number of aromatic hydroxyl groups is 1. The number of anilines is 1. The van der Waals surface area contributed by atoms with Crippen molar-refractivity contribution in [3.05, 3.63) is 29.5 Å². The van der Waals surface area contributed by atoms with Crippen molar-refractivity contribution >= 4 is 5.95 Å². The van der Waals surface area contributed by atoms with Gasteiger partial charge in [0.1, 0.15) is 11.4 Å². The average molecular weight is 368 g/mol. The summed E-state index contributed by atoms with van der Waals surface area (Å²) in [6.07, 6.45) is -4.29. The fourth-order valence-corrected chi connectivity index (χ4v) is 3.00. The zero-order valence-electron chi connectivity index (χ0n) is 14.3. The van der Waals surface area contributed by atoms with Gasteiger partial charge in [-0.1, -0.05) is 6.92 Å². The molecular formula is C17H19F3N4O2. The Balaban J connectivity index is 1.89. The van der Waals surface area contributed by atoms with Crippen molar-refractivity contribution in [2.75, 3.05) is 18.0 Å². The van der Waals surface area contributed by atoms with Crippen LogP contribution in [0, 0.1) is 12.8 Å². The number of aryl methyl sites for hydroxylation is 1. The molecule has 0 saturated carbocycles. The van der Waals surface area contributed by atoms with Crippen LogP contribution in [-0.2, 0) is 6.18 Å². The smallest absolute Gasteiger partial charge is 0.416 e. The van der Waals surface area contributed by atoms with Gasteiger partial charge in [0, 0.05) is 18.7 Å². The second-order valence-corrected chi connectivity index (χ2v) is 6.55. The third-order valence-electron chi connectivity index (χ3n) is 4.57. The minimum Gasteiger partial charge on any atom is -0.507 e. The van der Waals surface area contributed by atoms with Crippen LogP contribution in [0.25, 0.3) is 11.3 Å². The Hall–Kier alpha value is -2.42. The van der Waals surface area contributed by atoms with E-state index < -0.39 is 17.5 Å². The van der Waals surface area contributed by atoms with Crippen LogP contribution in [0.1, 0.15) is 24.6 Å². The third-order valence-corrected chi connectivity index (χ3v) is 4.57. The third kappa shape index (κ3) is 3.57. The number of phenolic OH excluding ortho intramolecular Hbond substituents is 1. The fraction of sp³-hybridized carbons (Fsp3) is 0.471. The lowest BCUT2D eigenvalue weighted by Crippen LogP contribution is -2.42. The van der Waals surface area contributed by atoms with E-state index in [4.69, 9.17) is 0 Å². The normalized spacial score (nSPS) is 21.1.